The molecule has 1 aromatic carbocycles. The number of nitrogens with zero attached hydrogens (tertiary/aromatic N) is 3. The van der Waals surface area contributed by atoms with Gasteiger partial charge in [-0.3, -0.25) is 0 Å². The van der Waals surface area contributed by atoms with Gasteiger partial charge in [-0.15, -0.1) is 0 Å². The van der Waals surface area contributed by atoms with E-state index in [4.69, 9.17) is 16.3 Å². The number of esters is 1. The Morgan fingerprint density at radius 3 is 2.68 bits per heavy atom. The SMILES string of the molecule is CCOC(=O)c1cc2nc(-c3ccc(C)cc3)cc(Cl)n2n1. The number of ether oxygens (including phenoxy) is 1. The minimum Gasteiger partial charge on any atom is -0.461 e. The van der Waals surface area contributed by atoms with Crippen LogP contribution in [0.15, 0.2) is 36.4 Å². The van der Waals surface area contributed by atoms with Gasteiger partial charge in [0.25, 0.3) is 0 Å². The summed E-state index contributed by atoms with van der Waals surface area (Å²) in [5, 5.41) is 4.51. The van der Waals surface area contributed by atoms with Gasteiger partial charge in [-0.1, -0.05) is 41.4 Å². The van der Waals surface area contributed by atoms with Gasteiger partial charge in [0.2, 0.25) is 0 Å². The molecule has 0 aliphatic rings. The van der Waals surface area contributed by atoms with E-state index >= 15 is 0 Å². The summed E-state index contributed by atoms with van der Waals surface area (Å²) < 4.78 is 6.36. The van der Waals surface area contributed by atoms with Crippen LogP contribution in [0.4, 0.5) is 0 Å². The van der Waals surface area contributed by atoms with Gasteiger partial charge in [0.05, 0.1) is 12.3 Å². The second kappa shape index (κ2) is 5.77. The highest BCUT2D eigenvalue weighted by Gasteiger charge is 2.15. The first-order valence-electron chi connectivity index (χ1n) is 6.89. The lowest BCUT2D eigenvalue weighted by Crippen LogP contribution is -2.05. The van der Waals surface area contributed by atoms with Crippen LogP contribution >= 0.6 is 11.6 Å². The predicted octanol–water partition coefficient (Wildman–Crippen LogP) is 3.53. The van der Waals surface area contributed by atoms with Gasteiger partial charge in [0.1, 0.15) is 5.15 Å². The third-order valence-electron chi connectivity index (χ3n) is 3.22. The van der Waals surface area contributed by atoms with Crippen LogP contribution in [0, 0.1) is 6.92 Å². The van der Waals surface area contributed by atoms with E-state index in [2.05, 4.69) is 10.1 Å². The van der Waals surface area contributed by atoms with Crippen molar-refractivity contribution >= 4 is 23.2 Å². The molecule has 0 saturated carbocycles. The van der Waals surface area contributed by atoms with E-state index < -0.39 is 5.97 Å². The van der Waals surface area contributed by atoms with Crippen molar-refractivity contribution in [1.82, 2.24) is 14.6 Å². The fraction of sp³-hybridized carbons (Fsp3) is 0.188. The lowest BCUT2D eigenvalue weighted by atomic mass is 10.1. The summed E-state index contributed by atoms with van der Waals surface area (Å²) in [6, 6.07) is 11.3. The highest BCUT2D eigenvalue weighted by atomic mass is 35.5. The lowest BCUT2D eigenvalue weighted by molar-refractivity contribution is 0.0519. The molecule has 0 spiro atoms. The standard InChI is InChI=1S/C16H14ClN3O2/c1-3-22-16(21)13-9-15-18-12(8-14(17)20(15)19-13)11-6-4-10(2)5-7-11/h4-9H,3H2,1-2H3. The summed E-state index contributed by atoms with van der Waals surface area (Å²) >= 11 is 6.25. The van der Waals surface area contributed by atoms with Crippen LogP contribution in [0.1, 0.15) is 23.0 Å². The predicted molar refractivity (Wildman–Crippen MR) is 84.1 cm³/mol. The number of hydrogen-bond donors (Lipinski definition) is 0. The summed E-state index contributed by atoms with van der Waals surface area (Å²) in [5.41, 5.74) is 3.55. The molecule has 0 radical (unpaired) electrons. The van der Waals surface area contributed by atoms with E-state index in [-0.39, 0.29) is 5.69 Å². The minimum absolute atomic E-state index is 0.192. The van der Waals surface area contributed by atoms with Crippen LogP contribution in [-0.4, -0.2) is 27.2 Å². The quantitative estimate of drug-likeness (QED) is 0.548. The second-order valence-electron chi connectivity index (χ2n) is 4.85. The molecule has 6 heteroatoms. The number of rotatable bonds is 3. The van der Waals surface area contributed by atoms with Crippen molar-refractivity contribution in [3.05, 3.63) is 52.8 Å². The molecule has 0 aliphatic carbocycles. The molecule has 112 valence electrons. The molecule has 2 aromatic heterocycles. The van der Waals surface area contributed by atoms with Crippen molar-refractivity contribution in [2.24, 2.45) is 0 Å². The highest BCUT2D eigenvalue weighted by molar-refractivity contribution is 6.30. The van der Waals surface area contributed by atoms with Crippen LogP contribution in [0.3, 0.4) is 0 Å². The van der Waals surface area contributed by atoms with Crippen molar-refractivity contribution in [2.45, 2.75) is 13.8 Å². The van der Waals surface area contributed by atoms with E-state index in [0.29, 0.717) is 17.4 Å². The zero-order chi connectivity index (χ0) is 15.7. The Morgan fingerprint density at radius 1 is 1.27 bits per heavy atom. The van der Waals surface area contributed by atoms with E-state index in [1.807, 2.05) is 31.2 Å². The van der Waals surface area contributed by atoms with E-state index in [0.717, 1.165) is 11.3 Å². The molecule has 2 heterocycles. The van der Waals surface area contributed by atoms with Crippen LogP contribution in [0.5, 0.6) is 0 Å². The van der Waals surface area contributed by atoms with Gasteiger partial charge in [0, 0.05) is 17.7 Å². The zero-order valence-corrected chi connectivity index (χ0v) is 13.0. The van der Waals surface area contributed by atoms with Gasteiger partial charge in [-0.05, 0) is 13.8 Å². The normalized spacial score (nSPS) is 10.9. The number of fused-ring (bicyclic) bond motifs is 1. The molecule has 0 aliphatic heterocycles. The maximum Gasteiger partial charge on any atom is 0.358 e. The molecule has 0 atom stereocenters. The molecule has 0 saturated heterocycles. The van der Waals surface area contributed by atoms with Gasteiger partial charge in [0.15, 0.2) is 11.3 Å². The summed E-state index contributed by atoms with van der Waals surface area (Å²) in [6.45, 7) is 4.06. The highest BCUT2D eigenvalue weighted by Crippen LogP contribution is 2.23. The fourth-order valence-corrected chi connectivity index (χ4v) is 2.34. The number of hydrogen-bond acceptors (Lipinski definition) is 4. The van der Waals surface area contributed by atoms with E-state index in [9.17, 15) is 4.79 Å². The molecule has 0 N–H and O–H groups in total. The Bertz CT molecular complexity index is 840. The number of benzene rings is 1. The third kappa shape index (κ3) is 2.67. The number of aromatic nitrogens is 3. The lowest BCUT2D eigenvalue weighted by Gasteiger charge is -2.04. The summed E-state index contributed by atoms with van der Waals surface area (Å²) in [6.07, 6.45) is 0. The molecule has 0 fully saturated rings. The average Bonchev–Trinajstić information content (AvgIpc) is 2.93. The topological polar surface area (TPSA) is 56.5 Å². The number of carbonyl (C=O) groups is 1. The van der Waals surface area contributed by atoms with Crippen LogP contribution in [-0.2, 0) is 4.74 Å². The Balaban J connectivity index is 2.08. The van der Waals surface area contributed by atoms with Crippen molar-refractivity contribution in [2.75, 3.05) is 6.61 Å². The molecular formula is C16H14ClN3O2. The van der Waals surface area contributed by atoms with Gasteiger partial charge < -0.3 is 4.74 Å². The second-order valence-corrected chi connectivity index (χ2v) is 5.24. The molecule has 22 heavy (non-hydrogen) atoms. The molecule has 3 rings (SSSR count). The first-order chi connectivity index (χ1) is 10.6. The van der Waals surface area contributed by atoms with Crippen molar-refractivity contribution in [3.63, 3.8) is 0 Å². The Hall–Kier alpha value is -2.40. The average molecular weight is 316 g/mol. The summed E-state index contributed by atoms with van der Waals surface area (Å²) in [5.74, 6) is -0.485. The zero-order valence-electron chi connectivity index (χ0n) is 12.2. The van der Waals surface area contributed by atoms with Crippen LogP contribution < -0.4 is 0 Å². The van der Waals surface area contributed by atoms with E-state index in [1.54, 1.807) is 19.1 Å². The molecule has 0 amide bonds. The van der Waals surface area contributed by atoms with Crippen molar-refractivity contribution < 1.29 is 9.53 Å². The Kier molecular flexibility index (Phi) is 3.81. The number of carbonyl (C=O) groups excluding carboxylic acids is 1. The van der Waals surface area contributed by atoms with Crippen molar-refractivity contribution in [3.8, 4) is 11.3 Å². The first-order valence-corrected chi connectivity index (χ1v) is 7.27. The van der Waals surface area contributed by atoms with Crippen molar-refractivity contribution in [1.29, 1.82) is 0 Å². The Labute approximate surface area is 132 Å². The van der Waals surface area contributed by atoms with Gasteiger partial charge in [-0.25, -0.2) is 14.3 Å². The molecule has 5 nitrogen and oxygen atoms in total. The third-order valence-corrected chi connectivity index (χ3v) is 3.48. The van der Waals surface area contributed by atoms with E-state index in [1.165, 1.54) is 10.1 Å². The smallest absolute Gasteiger partial charge is 0.358 e. The Morgan fingerprint density at radius 2 is 2.00 bits per heavy atom. The van der Waals surface area contributed by atoms with Crippen LogP contribution in [0.25, 0.3) is 16.9 Å². The number of aryl methyl sites for hydroxylation is 1. The van der Waals surface area contributed by atoms with Crippen LogP contribution in [0.2, 0.25) is 5.15 Å². The fourth-order valence-electron chi connectivity index (χ4n) is 2.11. The first kappa shape index (κ1) is 14.5. The van der Waals surface area contributed by atoms with Gasteiger partial charge in [-0.2, -0.15) is 5.10 Å². The molecule has 3 aromatic rings. The number of halogens is 1. The largest absolute Gasteiger partial charge is 0.461 e. The summed E-state index contributed by atoms with van der Waals surface area (Å²) in [7, 11) is 0. The molecular weight excluding hydrogens is 302 g/mol. The monoisotopic (exact) mass is 315 g/mol. The molecule has 0 unspecified atom stereocenters. The maximum atomic E-state index is 11.7. The summed E-state index contributed by atoms with van der Waals surface area (Å²) in [4.78, 5) is 16.3. The minimum atomic E-state index is -0.485. The van der Waals surface area contributed by atoms with Gasteiger partial charge >= 0.3 is 5.97 Å². The maximum absolute atomic E-state index is 11.7. The molecule has 0 bridgehead atoms.